The first-order chi connectivity index (χ1) is 7.97. The number of hydrogen-bond donors (Lipinski definition) is 1. The summed E-state index contributed by atoms with van der Waals surface area (Å²) < 4.78 is 30.3. The van der Waals surface area contributed by atoms with Crippen molar-refractivity contribution in [2.75, 3.05) is 6.61 Å². The van der Waals surface area contributed by atoms with Crippen LogP contribution in [-0.4, -0.2) is 17.6 Å². The molecule has 0 radical (unpaired) electrons. The molecule has 0 aliphatic carbocycles. The van der Waals surface area contributed by atoms with Crippen LogP contribution in [-0.2, 0) is 16.0 Å². The van der Waals surface area contributed by atoms with Gasteiger partial charge in [-0.05, 0) is 19.4 Å². The normalized spacial score (nSPS) is 10.6. The van der Waals surface area contributed by atoms with Crippen LogP contribution in [0.1, 0.15) is 30.0 Å². The van der Waals surface area contributed by atoms with Gasteiger partial charge in [-0.3, -0.25) is 9.59 Å². The third-order valence-corrected chi connectivity index (χ3v) is 2.33. The van der Waals surface area contributed by atoms with E-state index in [9.17, 15) is 18.4 Å². The number of carbonyl (C=O) groups excluding carboxylic acids is 1. The fourth-order valence-corrected chi connectivity index (χ4v) is 1.52. The Bertz CT molecular complexity index is 468. The van der Waals surface area contributed by atoms with Gasteiger partial charge in [0.25, 0.3) is 12.0 Å². The maximum Gasteiger partial charge on any atom is 0.310 e. The number of H-pyrrole nitrogens is 1. The lowest BCUT2D eigenvalue weighted by molar-refractivity contribution is -0.142. The summed E-state index contributed by atoms with van der Waals surface area (Å²) in [6, 6.07) is 0. The minimum Gasteiger partial charge on any atom is -0.466 e. The van der Waals surface area contributed by atoms with E-state index in [4.69, 9.17) is 0 Å². The van der Waals surface area contributed by atoms with E-state index in [1.54, 1.807) is 6.92 Å². The van der Waals surface area contributed by atoms with E-state index in [-0.39, 0.29) is 29.7 Å². The zero-order chi connectivity index (χ0) is 13.0. The van der Waals surface area contributed by atoms with Crippen molar-refractivity contribution in [2.24, 2.45) is 0 Å². The van der Waals surface area contributed by atoms with Crippen molar-refractivity contribution in [3.8, 4) is 0 Å². The van der Waals surface area contributed by atoms with E-state index in [2.05, 4.69) is 9.72 Å². The van der Waals surface area contributed by atoms with Gasteiger partial charge in [-0.1, -0.05) is 0 Å². The number of halogens is 2. The fraction of sp³-hybridized carbons (Fsp3) is 0.455. The molecule has 0 aliphatic heterocycles. The lowest BCUT2D eigenvalue weighted by Gasteiger charge is -2.10. The van der Waals surface area contributed by atoms with Crippen molar-refractivity contribution in [2.45, 2.75) is 26.7 Å². The molecule has 4 nitrogen and oxygen atoms in total. The van der Waals surface area contributed by atoms with Gasteiger partial charge < -0.3 is 9.72 Å². The molecule has 0 bridgehead atoms. The minimum absolute atomic E-state index is 0.0678. The Balaban J connectivity index is 3.11. The Morgan fingerprint density at radius 3 is 2.71 bits per heavy atom. The molecule has 0 amide bonds. The number of carbonyl (C=O) groups is 1. The summed E-state index contributed by atoms with van der Waals surface area (Å²) in [5.74, 6) is -0.596. The minimum atomic E-state index is -2.79. The number of aromatic nitrogens is 1. The highest BCUT2D eigenvalue weighted by Gasteiger charge is 2.20. The number of esters is 1. The van der Waals surface area contributed by atoms with Gasteiger partial charge in [0.1, 0.15) is 0 Å². The summed E-state index contributed by atoms with van der Waals surface area (Å²) in [4.78, 5) is 24.7. The molecule has 0 saturated heterocycles. The number of alkyl halides is 2. The smallest absolute Gasteiger partial charge is 0.310 e. The molecule has 1 heterocycles. The lowest BCUT2D eigenvalue weighted by atomic mass is 10.0. The zero-order valence-corrected chi connectivity index (χ0v) is 9.55. The molecule has 94 valence electrons. The first-order valence-electron chi connectivity index (χ1n) is 5.12. The Kier molecular flexibility index (Phi) is 4.37. The predicted octanol–water partition coefficient (Wildman–Crippen LogP) is 1.73. The molecular formula is C11H13F2NO3. The standard InChI is InChI=1S/C11H13F2NO3/c1-3-17-8(15)4-7-5-14-11(16)6(2)9(7)10(12)13/h5,10H,3-4H2,1-2H3,(H,14,16). The summed E-state index contributed by atoms with van der Waals surface area (Å²) in [5, 5.41) is 0. The lowest BCUT2D eigenvalue weighted by Crippen LogP contribution is -2.17. The molecule has 6 heteroatoms. The molecule has 0 aromatic carbocycles. The van der Waals surface area contributed by atoms with Crippen LogP contribution in [0.2, 0.25) is 0 Å². The van der Waals surface area contributed by atoms with Gasteiger partial charge in [-0.25, -0.2) is 8.78 Å². The van der Waals surface area contributed by atoms with Gasteiger partial charge in [-0.2, -0.15) is 0 Å². The number of aromatic amines is 1. The largest absolute Gasteiger partial charge is 0.466 e. The molecule has 1 rings (SSSR count). The van der Waals surface area contributed by atoms with Crippen molar-refractivity contribution in [3.05, 3.63) is 33.2 Å². The molecule has 0 fully saturated rings. The first kappa shape index (κ1) is 13.3. The number of hydrogen-bond acceptors (Lipinski definition) is 3. The van der Waals surface area contributed by atoms with Gasteiger partial charge in [0.05, 0.1) is 13.0 Å². The second kappa shape index (κ2) is 5.56. The Morgan fingerprint density at radius 2 is 2.18 bits per heavy atom. The summed E-state index contributed by atoms with van der Waals surface area (Å²) >= 11 is 0. The highest BCUT2D eigenvalue weighted by Crippen LogP contribution is 2.24. The molecule has 1 N–H and O–H groups in total. The van der Waals surface area contributed by atoms with Crippen molar-refractivity contribution in [1.29, 1.82) is 0 Å². The third kappa shape index (κ3) is 3.12. The van der Waals surface area contributed by atoms with Gasteiger partial charge in [0.15, 0.2) is 0 Å². The number of pyridine rings is 1. The van der Waals surface area contributed by atoms with Crippen molar-refractivity contribution >= 4 is 5.97 Å². The van der Waals surface area contributed by atoms with Crippen molar-refractivity contribution < 1.29 is 18.3 Å². The van der Waals surface area contributed by atoms with Crippen LogP contribution in [0.3, 0.4) is 0 Å². The Hall–Kier alpha value is -1.72. The molecule has 0 aliphatic rings. The molecule has 0 unspecified atom stereocenters. The predicted molar refractivity (Wildman–Crippen MR) is 57.1 cm³/mol. The van der Waals surface area contributed by atoms with Crippen LogP contribution in [0.5, 0.6) is 0 Å². The van der Waals surface area contributed by atoms with Gasteiger partial charge in [0, 0.05) is 17.3 Å². The zero-order valence-electron chi connectivity index (χ0n) is 9.55. The summed E-state index contributed by atoms with van der Waals surface area (Å²) in [6.45, 7) is 3.12. The monoisotopic (exact) mass is 245 g/mol. The van der Waals surface area contributed by atoms with Crippen LogP contribution in [0.4, 0.5) is 8.78 Å². The van der Waals surface area contributed by atoms with E-state index in [1.165, 1.54) is 6.92 Å². The van der Waals surface area contributed by atoms with E-state index >= 15 is 0 Å². The average Bonchev–Trinajstić information content (AvgIpc) is 2.23. The maximum absolute atomic E-state index is 12.8. The maximum atomic E-state index is 12.8. The molecule has 0 spiro atoms. The SMILES string of the molecule is CCOC(=O)Cc1c[nH]c(=O)c(C)c1C(F)F. The second-order valence-electron chi connectivity index (χ2n) is 3.46. The van der Waals surface area contributed by atoms with Crippen molar-refractivity contribution in [3.63, 3.8) is 0 Å². The second-order valence-corrected chi connectivity index (χ2v) is 3.46. The topological polar surface area (TPSA) is 59.2 Å². The van der Waals surface area contributed by atoms with Crippen LogP contribution in [0.15, 0.2) is 11.0 Å². The molecular weight excluding hydrogens is 232 g/mol. The van der Waals surface area contributed by atoms with Gasteiger partial charge in [0.2, 0.25) is 0 Å². The molecule has 1 aromatic heterocycles. The number of rotatable bonds is 4. The van der Waals surface area contributed by atoms with Crippen LogP contribution < -0.4 is 5.56 Å². The third-order valence-electron chi connectivity index (χ3n) is 2.33. The highest BCUT2D eigenvalue weighted by atomic mass is 19.3. The quantitative estimate of drug-likeness (QED) is 0.822. The number of nitrogens with one attached hydrogen (secondary N) is 1. The molecule has 1 aromatic rings. The highest BCUT2D eigenvalue weighted by molar-refractivity contribution is 5.73. The Morgan fingerprint density at radius 1 is 1.53 bits per heavy atom. The number of ether oxygens (including phenoxy) is 1. The first-order valence-corrected chi connectivity index (χ1v) is 5.12. The average molecular weight is 245 g/mol. The van der Waals surface area contributed by atoms with Gasteiger partial charge >= 0.3 is 5.97 Å². The van der Waals surface area contributed by atoms with Crippen LogP contribution in [0.25, 0.3) is 0 Å². The van der Waals surface area contributed by atoms with Crippen molar-refractivity contribution in [1.82, 2.24) is 4.98 Å². The summed E-state index contributed by atoms with van der Waals surface area (Å²) in [7, 11) is 0. The molecule has 17 heavy (non-hydrogen) atoms. The fourth-order valence-electron chi connectivity index (χ4n) is 1.52. The molecule has 0 atom stereocenters. The van der Waals surface area contributed by atoms with Crippen LogP contribution in [0, 0.1) is 6.92 Å². The van der Waals surface area contributed by atoms with Crippen LogP contribution >= 0.6 is 0 Å². The van der Waals surface area contributed by atoms with E-state index in [0.29, 0.717) is 0 Å². The summed E-state index contributed by atoms with van der Waals surface area (Å²) in [6.07, 6.45) is -1.93. The van der Waals surface area contributed by atoms with E-state index in [1.807, 2.05) is 0 Å². The Labute approximate surface area is 96.6 Å². The van der Waals surface area contributed by atoms with E-state index < -0.39 is 18.0 Å². The van der Waals surface area contributed by atoms with Gasteiger partial charge in [-0.15, -0.1) is 0 Å². The van der Waals surface area contributed by atoms with E-state index in [0.717, 1.165) is 6.20 Å². The molecule has 0 saturated carbocycles. The summed E-state index contributed by atoms with van der Waals surface area (Å²) in [5.41, 5.74) is -0.938.